The first-order valence-electron chi connectivity index (χ1n) is 29.2. The first kappa shape index (κ1) is 77.3. The second kappa shape index (κ2) is 41.5. The number of benzene rings is 1. The number of aliphatic carboxylic acids is 4. The monoisotopic (exact) mass is 1290 g/mol. The number of nitrogens with zero attached hydrogens (tertiary/aromatic N) is 1. The van der Waals surface area contributed by atoms with E-state index in [1.807, 2.05) is 0 Å². The molecule has 500 valence electrons. The molecule has 0 bridgehead atoms. The molecule has 10 atom stereocenters. The van der Waals surface area contributed by atoms with Crippen LogP contribution in [0.3, 0.4) is 0 Å². The highest BCUT2D eigenvalue weighted by molar-refractivity contribution is 7.98. The molecule has 1 aromatic heterocycles. The van der Waals surface area contributed by atoms with E-state index in [0.717, 1.165) is 5.56 Å². The zero-order valence-electron chi connectivity index (χ0n) is 50.5. The molecule has 0 saturated carbocycles. The van der Waals surface area contributed by atoms with Gasteiger partial charge in [-0.25, -0.2) is 9.78 Å². The molecule has 2 aromatic rings. The lowest BCUT2D eigenvalue weighted by molar-refractivity contribution is -0.144. The Morgan fingerprint density at radius 3 is 1.26 bits per heavy atom. The largest absolute Gasteiger partial charge is 0.481 e. The van der Waals surface area contributed by atoms with Crippen molar-refractivity contribution in [1.82, 2.24) is 57.8 Å². The minimum Gasteiger partial charge on any atom is -0.481 e. The van der Waals surface area contributed by atoms with Gasteiger partial charge >= 0.3 is 23.9 Å². The lowest BCUT2D eigenvalue weighted by Gasteiger charge is -2.28. The van der Waals surface area contributed by atoms with E-state index < -0.39 is 201 Å². The first-order chi connectivity index (χ1) is 42.6. The molecule has 0 spiro atoms. The van der Waals surface area contributed by atoms with Crippen LogP contribution < -0.4 is 70.8 Å². The molecule has 0 aliphatic rings. The minimum atomic E-state index is -1.91. The number of hydrogen-bond acceptors (Lipinski definition) is 19. The smallest absolute Gasteiger partial charge is 0.326 e. The fourth-order valence-electron chi connectivity index (χ4n) is 8.79. The third kappa shape index (κ3) is 30.0. The number of primary amides is 1. The van der Waals surface area contributed by atoms with E-state index in [-0.39, 0.29) is 50.9 Å². The maximum Gasteiger partial charge on any atom is 0.326 e. The molecule has 0 radical (unpaired) electrons. The van der Waals surface area contributed by atoms with Gasteiger partial charge in [0.1, 0.15) is 54.4 Å². The number of aromatic nitrogens is 2. The van der Waals surface area contributed by atoms with Crippen LogP contribution in [0.5, 0.6) is 0 Å². The number of H-pyrrole nitrogens is 1. The maximum absolute atomic E-state index is 14.4. The van der Waals surface area contributed by atoms with Gasteiger partial charge in [0, 0.05) is 37.6 Å². The lowest BCUT2D eigenvalue weighted by Crippen LogP contribution is -2.61. The molecule has 33 nitrogen and oxygen atoms in total. The molecular formula is C56H87N15O18S. The topological polar surface area (TPSA) is 561 Å². The van der Waals surface area contributed by atoms with Gasteiger partial charge in [0.2, 0.25) is 59.1 Å². The Kier molecular flexibility index (Phi) is 35.6. The van der Waals surface area contributed by atoms with Crippen molar-refractivity contribution >= 4 is 94.7 Å². The van der Waals surface area contributed by atoms with Crippen molar-refractivity contribution in [3.05, 3.63) is 54.1 Å². The summed E-state index contributed by atoms with van der Waals surface area (Å²) in [5.74, 6) is -16.7. The van der Waals surface area contributed by atoms with Gasteiger partial charge in [-0.2, -0.15) is 11.8 Å². The zero-order chi connectivity index (χ0) is 67.5. The molecule has 10 amide bonds. The summed E-state index contributed by atoms with van der Waals surface area (Å²) in [6.07, 6.45) is 0.0210. The number of amides is 10. The molecule has 34 heteroatoms. The van der Waals surface area contributed by atoms with E-state index in [4.69, 9.17) is 22.9 Å². The van der Waals surface area contributed by atoms with Crippen molar-refractivity contribution in [3.63, 3.8) is 0 Å². The summed E-state index contributed by atoms with van der Waals surface area (Å²) in [6, 6.07) is -6.74. The fourth-order valence-corrected chi connectivity index (χ4v) is 9.26. The van der Waals surface area contributed by atoms with Gasteiger partial charge in [0.25, 0.3) is 0 Å². The number of carbonyl (C=O) groups is 14. The third-order valence-electron chi connectivity index (χ3n) is 13.8. The van der Waals surface area contributed by atoms with E-state index in [1.54, 1.807) is 36.6 Å². The van der Waals surface area contributed by atoms with Crippen LogP contribution in [-0.4, -0.2) is 199 Å². The number of carboxylic acid groups (broad SMARTS) is 4. The molecule has 1 heterocycles. The number of thioether (sulfide) groups is 1. The summed E-state index contributed by atoms with van der Waals surface area (Å²) >= 11 is 1.40. The average molecular weight is 1290 g/mol. The molecule has 0 aliphatic heterocycles. The quantitative estimate of drug-likeness (QED) is 0.0282. The minimum absolute atomic E-state index is 0.0157. The fraction of sp³-hybridized carbons (Fsp3) is 0.589. The zero-order valence-corrected chi connectivity index (χ0v) is 51.3. The molecule has 10 unspecified atom stereocenters. The van der Waals surface area contributed by atoms with Crippen LogP contribution in [0.4, 0.5) is 0 Å². The molecule has 90 heavy (non-hydrogen) atoms. The number of hydrogen-bond donors (Lipinski definition) is 18. The summed E-state index contributed by atoms with van der Waals surface area (Å²) in [4.78, 5) is 192. The van der Waals surface area contributed by atoms with Gasteiger partial charge in [0.15, 0.2) is 0 Å². The SMILES string of the molecule is CSCCC(NC(=O)C(N)Cc1ccccc1)C(=O)NC(CCCCN)C(=O)NC(CCCCN)C(=O)NC(CC(N)=O)C(=O)NC(Cc1cnc[nH]1)C(=O)NC(CCC(=O)O)C(=O)NC(CCC(=O)O)C(=O)NC(CCC(=O)O)C(=O)NC(C(=O)O)C(C)C. The van der Waals surface area contributed by atoms with E-state index in [0.29, 0.717) is 25.0 Å². The van der Waals surface area contributed by atoms with E-state index in [1.165, 1.54) is 38.1 Å². The number of carboxylic acids is 4. The van der Waals surface area contributed by atoms with Crippen LogP contribution in [0.2, 0.25) is 0 Å². The van der Waals surface area contributed by atoms with Crippen molar-refractivity contribution in [1.29, 1.82) is 0 Å². The van der Waals surface area contributed by atoms with Crippen molar-refractivity contribution in [3.8, 4) is 0 Å². The summed E-state index contributed by atoms with van der Waals surface area (Å²) < 4.78 is 0. The second-order valence-corrected chi connectivity index (χ2v) is 22.4. The van der Waals surface area contributed by atoms with Gasteiger partial charge in [-0.3, -0.25) is 62.3 Å². The van der Waals surface area contributed by atoms with Crippen LogP contribution in [0.25, 0.3) is 0 Å². The summed E-state index contributed by atoms with van der Waals surface area (Å²) in [7, 11) is 0. The van der Waals surface area contributed by atoms with Gasteiger partial charge in [0.05, 0.1) is 18.8 Å². The van der Waals surface area contributed by atoms with Gasteiger partial charge < -0.3 is 96.2 Å². The van der Waals surface area contributed by atoms with Crippen LogP contribution in [0.15, 0.2) is 42.9 Å². The van der Waals surface area contributed by atoms with Crippen LogP contribution >= 0.6 is 11.8 Å². The number of nitrogens with two attached hydrogens (primary N) is 4. The number of unbranched alkanes of at least 4 members (excludes halogenated alkanes) is 2. The Morgan fingerprint density at radius 2 is 0.878 bits per heavy atom. The number of imidazole rings is 1. The lowest BCUT2D eigenvalue weighted by atomic mass is 10.0. The van der Waals surface area contributed by atoms with Crippen molar-refractivity contribution in [2.24, 2.45) is 28.9 Å². The van der Waals surface area contributed by atoms with E-state index in [2.05, 4.69) is 57.8 Å². The molecule has 0 saturated heterocycles. The van der Waals surface area contributed by atoms with Crippen molar-refractivity contribution in [2.75, 3.05) is 25.1 Å². The van der Waals surface area contributed by atoms with Gasteiger partial charge in [-0.1, -0.05) is 44.2 Å². The van der Waals surface area contributed by atoms with E-state index in [9.17, 15) is 87.5 Å². The molecule has 0 fully saturated rings. The maximum atomic E-state index is 14.4. The Morgan fingerprint density at radius 1 is 0.500 bits per heavy atom. The van der Waals surface area contributed by atoms with Crippen LogP contribution in [0.1, 0.15) is 115 Å². The standard InChI is InChI=1S/C56H87N15O18S/c1-30(2)46(56(88)89)71-53(85)38(17-20-45(77)78)67-50(82)36(15-18-43(73)74)66-51(83)37(16-19-44(75)76)68-54(86)40(26-32-28-61-29-62-32)69-55(87)41(27-42(60)72)70-49(81)35(14-8-10-23-58)64-48(80)34(13-7-9-22-57)65-52(84)39(21-24-90-3)63-47(79)33(59)25-31-11-5-4-6-12-31/h4-6,11-12,28-30,33-41,46H,7-10,13-27,57-59H2,1-3H3,(H2,60,72)(H,61,62)(H,63,79)(H,64,80)(H,65,84)(H,66,83)(H,67,82)(H,68,86)(H,69,87)(H,70,81)(H,71,85)(H,73,74)(H,75,76)(H,77,78)(H,88,89). The Bertz CT molecular complexity index is 2730. The van der Waals surface area contributed by atoms with Crippen molar-refractivity contribution < 1.29 is 87.5 Å². The highest BCUT2D eigenvalue weighted by Gasteiger charge is 2.37. The average Bonchev–Trinajstić information content (AvgIpc) is 3.56. The number of rotatable bonds is 46. The van der Waals surface area contributed by atoms with E-state index >= 15 is 0 Å². The number of aromatic amines is 1. The normalized spacial score (nSPS) is 14.4. The molecule has 1 aromatic carbocycles. The highest BCUT2D eigenvalue weighted by atomic mass is 32.2. The number of carbonyl (C=O) groups excluding carboxylic acids is 10. The van der Waals surface area contributed by atoms with Crippen LogP contribution in [0, 0.1) is 5.92 Å². The van der Waals surface area contributed by atoms with Gasteiger partial charge in [-0.15, -0.1) is 0 Å². The van der Waals surface area contributed by atoms with Crippen molar-refractivity contribution in [2.45, 2.75) is 177 Å². The van der Waals surface area contributed by atoms with Crippen LogP contribution in [-0.2, 0) is 80.0 Å². The second-order valence-electron chi connectivity index (χ2n) is 21.5. The Hall–Kier alpha value is -8.76. The predicted molar refractivity (Wildman–Crippen MR) is 323 cm³/mol. The third-order valence-corrected chi connectivity index (χ3v) is 14.4. The molecule has 22 N–H and O–H groups in total. The molecule has 0 aliphatic carbocycles. The predicted octanol–water partition coefficient (Wildman–Crippen LogP) is -3.89. The van der Waals surface area contributed by atoms with Gasteiger partial charge in [-0.05, 0) is 107 Å². The highest BCUT2D eigenvalue weighted by Crippen LogP contribution is 2.13. The first-order valence-corrected chi connectivity index (χ1v) is 30.6. The molecule has 2 rings (SSSR count). The summed E-state index contributed by atoms with van der Waals surface area (Å²) in [5.41, 5.74) is 24.3. The summed E-state index contributed by atoms with van der Waals surface area (Å²) in [5, 5.41) is 59.9. The Balaban J connectivity index is 2.52. The molecular weight excluding hydrogens is 1200 g/mol. The Labute approximate surface area is 523 Å². The number of nitrogens with one attached hydrogen (secondary N) is 10. The summed E-state index contributed by atoms with van der Waals surface area (Å²) in [6.45, 7) is 3.31.